The number of hydrogen-bond acceptors (Lipinski definition) is 8. The Hall–Kier alpha value is -2.80. The van der Waals surface area contributed by atoms with Crippen molar-refractivity contribution in [1.29, 1.82) is 5.26 Å². The molecular weight excluding hydrogens is 408 g/mol. The van der Waals surface area contributed by atoms with Crippen molar-refractivity contribution in [1.82, 2.24) is 4.57 Å². The van der Waals surface area contributed by atoms with Crippen LogP contribution in [0.3, 0.4) is 0 Å². The molecule has 0 aliphatic carbocycles. The Morgan fingerprint density at radius 2 is 2.24 bits per heavy atom. The normalized spacial score (nSPS) is 21.4. The second kappa shape index (κ2) is 8.29. The fraction of sp³-hybridized carbons (Fsp3) is 0.300. The summed E-state index contributed by atoms with van der Waals surface area (Å²) in [6, 6.07) is 9.52. The summed E-state index contributed by atoms with van der Waals surface area (Å²) in [4.78, 5) is 9.04. The molecule has 1 aromatic carbocycles. The van der Waals surface area contributed by atoms with E-state index in [2.05, 4.69) is 9.98 Å². The summed E-state index contributed by atoms with van der Waals surface area (Å²) in [5.41, 5.74) is 1.86. The average Bonchev–Trinajstić information content (AvgIpc) is 3.41. The van der Waals surface area contributed by atoms with Gasteiger partial charge in [-0.05, 0) is 44.1 Å². The van der Waals surface area contributed by atoms with Crippen molar-refractivity contribution < 1.29 is 14.6 Å². The molecule has 29 heavy (non-hydrogen) atoms. The van der Waals surface area contributed by atoms with Crippen LogP contribution in [0, 0.1) is 22.2 Å². The number of nitrogens with zero attached hydrogens (tertiary/aromatic N) is 4. The summed E-state index contributed by atoms with van der Waals surface area (Å²) in [5.74, 6) is 0.358. The number of thiazole rings is 1. The number of aromatic hydroxyl groups is 1. The minimum absolute atomic E-state index is 0.0456. The van der Waals surface area contributed by atoms with Crippen LogP contribution in [0.4, 0.5) is 5.69 Å². The first kappa shape index (κ1) is 19.5. The van der Waals surface area contributed by atoms with E-state index in [1.165, 1.54) is 11.3 Å². The average molecular weight is 427 g/mol. The maximum absolute atomic E-state index is 10.6. The Bertz CT molecular complexity index is 1110. The van der Waals surface area contributed by atoms with E-state index in [4.69, 9.17) is 21.7 Å². The summed E-state index contributed by atoms with van der Waals surface area (Å²) in [5, 5.41) is 19.9. The molecule has 0 bridgehead atoms. The molecule has 0 amide bonds. The highest BCUT2D eigenvalue weighted by Crippen LogP contribution is 2.31. The molecule has 0 radical (unpaired) electrons. The SMILES string of the molecule is Cc1ccc(N=C2OC(=Cc3sc(=S)n(CC4CCCO4)c3O)N=C2C#N)cc1. The molecule has 7 nitrogen and oxygen atoms in total. The van der Waals surface area contributed by atoms with Crippen LogP contribution < -0.4 is 0 Å². The highest BCUT2D eigenvalue weighted by atomic mass is 32.1. The van der Waals surface area contributed by atoms with Crippen molar-refractivity contribution in [2.24, 2.45) is 9.98 Å². The first-order valence-electron chi connectivity index (χ1n) is 9.12. The van der Waals surface area contributed by atoms with Gasteiger partial charge < -0.3 is 14.6 Å². The molecule has 0 saturated carbocycles. The third kappa shape index (κ3) is 4.29. The Morgan fingerprint density at radius 1 is 1.45 bits per heavy atom. The van der Waals surface area contributed by atoms with Gasteiger partial charge in [-0.2, -0.15) is 10.3 Å². The largest absolute Gasteiger partial charge is 0.493 e. The van der Waals surface area contributed by atoms with Crippen molar-refractivity contribution in [3.8, 4) is 11.9 Å². The van der Waals surface area contributed by atoms with E-state index >= 15 is 0 Å². The van der Waals surface area contributed by atoms with Gasteiger partial charge in [0.1, 0.15) is 6.07 Å². The second-order valence-electron chi connectivity index (χ2n) is 6.71. The molecule has 1 fully saturated rings. The van der Waals surface area contributed by atoms with E-state index in [1.54, 1.807) is 10.6 Å². The Morgan fingerprint density at radius 3 is 2.93 bits per heavy atom. The molecule has 4 rings (SSSR count). The standard InChI is InChI=1S/C20H18N4O3S2/c1-12-4-6-13(7-5-12)22-18-15(10-21)23-17(27-18)9-16-19(25)24(20(28)29-16)11-14-3-2-8-26-14/h4-7,9,14,25H,2-3,8,11H2,1H3. The third-order valence-electron chi connectivity index (χ3n) is 4.55. The number of hydrogen-bond donors (Lipinski definition) is 1. The van der Waals surface area contributed by atoms with Gasteiger partial charge in [0.25, 0.3) is 5.90 Å². The number of aryl methyl sites for hydroxylation is 1. The minimum Gasteiger partial charge on any atom is -0.493 e. The number of rotatable bonds is 4. The molecule has 9 heteroatoms. The van der Waals surface area contributed by atoms with E-state index in [9.17, 15) is 10.4 Å². The summed E-state index contributed by atoms with van der Waals surface area (Å²) in [6.07, 6.45) is 3.59. The molecule has 2 aliphatic rings. The van der Waals surface area contributed by atoms with Crippen molar-refractivity contribution in [3.63, 3.8) is 0 Å². The lowest BCUT2D eigenvalue weighted by Crippen LogP contribution is -2.14. The van der Waals surface area contributed by atoms with Gasteiger partial charge in [0.15, 0.2) is 3.95 Å². The molecule has 1 aromatic heterocycles. The predicted octanol–water partition coefficient (Wildman–Crippen LogP) is 4.50. The zero-order chi connectivity index (χ0) is 20.4. The summed E-state index contributed by atoms with van der Waals surface area (Å²) in [6.45, 7) is 3.23. The molecule has 148 valence electrons. The number of benzene rings is 1. The van der Waals surface area contributed by atoms with Crippen molar-refractivity contribution >= 4 is 46.9 Å². The van der Waals surface area contributed by atoms with E-state index in [1.807, 2.05) is 37.3 Å². The van der Waals surface area contributed by atoms with Gasteiger partial charge in [-0.1, -0.05) is 17.7 Å². The van der Waals surface area contributed by atoms with Crippen LogP contribution >= 0.6 is 23.6 Å². The Balaban J connectivity index is 1.59. The van der Waals surface area contributed by atoms with Gasteiger partial charge in [0.05, 0.1) is 23.2 Å². The van der Waals surface area contributed by atoms with Gasteiger partial charge in [-0.15, -0.1) is 11.3 Å². The van der Waals surface area contributed by atoms with Crippen LogP contribution in [0.25, 0.3) is 6.08 Å². The fourth-order valence-corrected chi connectivity index (χ4v) is 4.30. The monoisotopic (exact) mass is 426 g/mol. The Labute approximate surface area is 176 Å². The predicted molar refractivity (Wildman–Crippen MR) is 114 cm³/mol. The fourth-order valence-electron chi connectivity index (χ4n) is 3.05. The molecular formula is C20H18N4O3S2. The van der Waals surface area contributed by atoms with Gasteiger partial charge in [0, 0.05) is 12.7 Å². The first-order valence-corrected chi connectivity index (χ1v) is 10.3. The number of nitriles is 1. The molecule has 1 N–H and O–H groups in total. The highest BCUT2D eigenvalue weighted by Gasteiger charge is 2.24. The second-order valence-corrected chi connectivity index (χ2v) is 8.39. The van der Waals surface area contributed by atoms with Crippen LogP contribution in [0.1, 0.15) is 23.3 Å². The van der Waals surface area contributed by atoms with Crippen LogP contribution in [0.15, 0.2) is 40.1 Å². The maximum Gasteiger partial charge on any atom is 0.258 e. The number of aromatic nitrogens is 1. The van der Waals surface area contributed by atoms with E-state index < -0.39 is 0 Å². The quantitative estimate of drug-likeness (QED) is 0.727. The van der Waals surface area contributed by atoms with Crippen molar-refractivity contribution in [2.75, 3.05) is 6.61 Å². The van der Waals surface area contributed by atoms with Crippen LogP contribution in [-0.2, 0) is 16.0 Å². The third-order valence-corrected chi connectivity index (χ3v) is 5.94. The molecule has 3 heterocycles. The molecule has 2 aromatic rings. The van der Waals surface area contributed by atoms with E-state index in [0.29, 0.717) is 21.1 Å². The first-order chi connectivity index (χ1) is 14.0. The van der Waals surface area contributed by atoms with Crippen molar-refractivity contribution in [3.05, 3.63) is 44.5 Å². The molecule has 0 spiro atoms. The van der Waals surface area contributed by atoms with Crippen molar-refractivity contribution in [2.45, 2.75) is 32.4 Å². The van der Waals surface area contributed by atoms with Gasteiger partial charge >= 0.3 is 0 Å². The number of aliphatic imine (C=N–C) groups is 2. The molecule has 1 unspecified atom stereocenters. The van der Waals surface area contributed by atoms with E-state index in [-0.39, 0.29) is 29.5 Å². The zero-order valence-electron chi connectivity index (χ0n) is 15.7. The minimum atomic E-state index is 0.0456. The zero-order valence-corrected chi connectivity index (χ0v) is 17.3. The Kier molecular flexibility index (Phi) is 5.58. The number of ether oxygens (including phenoxy) is 2. The highest BCUT2D eigenvalue weighted by molar-refractivity contribution is 7.73. The van der Waals surface area contributed by atoms with Crippen LogP contribution in [0.2, 0.25) is 0 Å². The van der Waals surface area contributed by atoms with Gasteiger partial charge in [0.2, 0.25) is 17.5 Å². The summed E-state index contributed by atoms with van der Waals surface area (Å²) >= 11 is 6.64. The lowest BCUT2D eigenvalue weighted by atomic mass is 10.2. The van der Waals surface area contributed by atoms with Crippen LogP contribution in [0.5, 0.6) is 5.88 Å². The smallest absolute Gasteiger partial charge is 0.258 e. The summed E-state index contributed by atoms with van der Waals surface area (Å²) < 4.78 is 13.5. The molecule has 1 saturated heterocycles. The topological polar surface area (TPSA) is 92.1 Å². The maximum atomic E-state index is 10.6. The van der Waals surface area contributed by atoms with Gasteiger partial charge in [-0.25, -0.2) is 4.99 Å². The van der Waals surface area contributed by atoms with Crippen LogP contribution in [-0.4, -0.2) is 34.0 Å². The summed E-state index contributed by atoms with van der Waals surface area (Å²) in [7, 11) is 0. The lowest BCUT2D eigenvalue weighted by molar-refractivity contribution is 0.0948. The van der Waals surface area contributed by atoms with E-state index in [0.717, 1.165) is 25.0 Å². The lowest BCUT2D eigenvalue weighted by Gasteiger charge is -2.10. The van der Waals surface area contributed by atoms with Gasteiger partial charge in [-0.3, -0.25) is 4.57 Å². The molecule has 1 atom stereocenters. The molecule has 2 aliphatic heterocycles.